The molecule has 59 heavy (non-hydrogen) atoms. The smallest absolute Gasteiger partial charge is 0.113 e. The van der Waals surface area contributed by atoms with E-state index in [4.69, 9.17) is 4.99 Å². The van der Waals surface area contributed by atoms with Gasteiger partial charge in [-0.25, -0.2) is 4.99 Å². The van der Waals surface area contributed by atoms with E-state index in [0.29, 0.717) is 0 Å². The molecule has 0 fully saturated rings. The van der Waals surface area contributed by atoms with Gasteiger partial charge >= 0.3 is 0 Å². The maximum Gasteiger partial charge on any atom is 0.113 e. The average Bonchev–Trinajstić information content (AvgIpc) is 3.62. The fraction of sp³-hybridized carbons (Fsp3) is 0.0526. The van der Waals surface area contributed by atoms with Gasteiger partial charge in [0.2, 0.25) is 0 Å². The number of nitrogens with zero attached hydrogens (tertiary/aromatic N) is 2. The van der Waals surface area contributed by atoms with Crippen molar-refractivity contribution in [2.75, 3.05) is 0 Å². The van der Waals surface area contributed by atoms with Gasteiger partial charge < -0.3 is 4.57 Å². The van der Waals surface area contributed by atoms with E-state index in [9.17, 15) is 0 Å². The zero-order valence-corrected chi connectivity index (χ0v) is 33.0. The molecular formula is C57H40N2. The Kier molecular flexibility index (Phi) is 8.15. The van der Waals surface area contributed by atoms with Gasteiger partial charge in [0, 0.05) is 33.0 Å². The monoisotopic (exact) mass is 752 g/mol. The minimum absolute atomic E-state index is 0.182. The molecule has 0 spiro atoms. The molecule has 8 aromatic carbocycles. The van der Waals surface area contributed by atoms with Crippen molar-refractivity contribution < 1.29 is 0 Å². The number of aromatic nitrogens is 1. The number of fused-ring (bicyclic) bond motifs is 6. The third kappa shape index (κ3) is 5.93. The highest BCUT2D eigenvalue weighted by molar-refractivity contribution is 6.16. The Hall–Kier alpha value is -7.51. The van der Waals surface area contributed by atoms with Crippen LogP contribution in [0.25, 0.3) is 72.1 Å². The van der Waals surface area contributed by atoms with Crippen LogP contribution in [0.4, 0.5) is 0 Å². The third-order valence-corrected chi connectivity index (χ3v) is 12.2. The molecule has 0 saturated carbocycles. The number of benzene rings is 8. The van der Waals surface area contributed by atoms with Gasteiger partial charge in [-0.05, 0) is 110 Å². The quantitative estimate of drug-likeness (QED) is 0.151. The molecule has 0 saturated heterocycles. The van der Waals surface area contributed by atoms with E-state index in [0.717, 1.165) is 33.7 Å². The molecule has 2 nitrogen and oxygen atoms in total. The highest BCUT2D eigenvalue weighted by Crippen LogP contribution is 2.51. The van der Waals surface area contributed by atoms with Crippen LogP contribution in [0.1, 0.15) is 41.7 Å². The maximum absolute atomic E-state index is 5.23. The standard InChI is InChI=1S/C57H40N2/c1-57(2)51-35-42(40-19-13-21-45(33-40)54-37-44(38-15-5-3-6-16-38)29-32-53(58-54)39-17-7-4-8-18-39)27-30-47(51)48-31-28-43(36-52(48)57)41-20-14-22-46(34-41)59-55-25-11-9-23-49(55)50-24-10-12-26-56(50)59/h3-31,33-37H,1-2H3. The lowest BCUT2D eigenvalue weighted by Gasteiger charge is -2.23. The van der Waals surface area contributed by atoms with Gasteiger partial charge in [-0.15, -0.1) is 0 Å². The number of hydrogen-bond donors (Lipinski definition) is 0. The van der Waals surface area contributed by atoms with Crippen LogP contribution in [0.5, 0.6) is 0 Å². The van der Waals surface area contributed by atoms with E-state index >= 15 is 0 Å². The Morgan fingerprint density at radius 2 is 0.949 bits per heavy atom. The third-order valence-electron chi connectivity index (χ3n) is 12.2. The van der Waals surface area contributed by atoms with Crippen molar-refractivity contribution >= 4 is 38.8 Å². The van der Waals surface area contributed by atoms with Crippen LogP contribution >= 0.6 is 0 Å². The lowest BCUT2D eigenvalue weighted by Crippen LogP contribution is -2.15. The summed E-state index contributed by atoms with van der Waals surface area (Å²) in [5.74, 6) is 0. The number of allylic oxidation sites excluding steroid dienone is 3. The van der Waals surface area contributed by atoms with E-state index in [1.807, 2.05) is 6.07 Å². The van der Waals surface area contributed by atoms with E-state index in [1.165, 1.54) is 72.0 Å². The van der Waals surface area contributed by atoms with Gasteiger partial charge in [-0.1, -0.05) is 171 Å². The molecule has 9 aromatic rings. The van der Waals surface area contributed by atoms with Crippen molar-refractivity contribution in [3.63, 3.8) is 0 Å². The Balaban J connectivity index is 0.946. The first-order valence-electron chi connectivity index (χ1n) is 20.4. The highest BCUT2D eigenvalue weighted by atomic mass is 15.0. The summed E-state index contributed by atoms with van der Waals surface area (Å²) in [5, 5.41) is 2.55. The summed E-state index contributed by atoms with van der Waals surface area (Å²) in [7, 11) is 0. The summed E-state index contributed by atoms with van der Waals surface area (Å²) in [6.07, 6.45) is 4.25. The van der Waals surface area contributed by atoms with E-state index < -0.39 is 0 Å². The summed E-state index contributed by atoms with van der Waals surface area (Å²) in [5.41, 5.74) is 23.1. The molecule has 0 atom stereocenters. The van der Waals surface area contributed by atoms with Gasteiger partial charge in [0.25, 0.3) is 0 Å². The normalized spacial score (nSPS) is 14.0. The van der Waals surface area contributed by atoms with Gasteiger partial charge in [0.1, 0.15) is 5.70 Å². The number of aliphatic imine (C=N–C) groups is 1. The fourth-order valence-electron chi connectivity index (χ4n) is 9.19. The van der Waals surface area contributed by atoms with Gasteiger partial charge in [-0.3, -0.25) is 0 Å². The van der Waals surface area contributed by atoms with Gasteiger partial charge in [-0.2, -0.15) is 0 Å². The number of hydrogen-bond acceptors (Lipinski definition) is 1. The van der Waals surface area contributed by atoms with Crippen molar-refractivity contribution in [3.8, 4) is 39.1 Å². The van der Waals surface area contributed by atoms with Crippen LogP contribution in [-0.4, -0.2) is 10.3 Å². The van der Waals surface area contributed by atoms with Gasteiger partial charge in [0.15, 0.2) is 0 Å². The second-order valence-electron chi connectivity index (χ2n) is 16.1. The molecule has 11 rings (SSSR count). The summed E-state index contributed by atoms with van der Waals surface area (Å²) in [4.78, 5) is 5.23. The summed E-state index contributed by atoms with van der Waals surface area (Å²) < 4.78 is 2.40. The molecular weight excluding hydrogens is 713 g/mol. The molecule has 1 aliphatic heterocycles. The molecule has 1 aromatic heterocycles. The SMILES string of the molecule is CC1(C)c2cc(-c3cccc(C4=NC(c5ccccc5)=C=CC(c5ccccc5)=C4)c3)ccc2-c2ccc(-c3cccc(-n4c5ccccc5c5ccccc54)c3)cc21. The molecule has 2 heteroatoms. The topological polar surface area (TPSA) is 17.3 Å². The highest BCUT2D eigenvalue weighted by Gasteiger charge is 2.36. The minimum atomic E-state index is -0.182. The first-order valence-corrected chi connectivity index (χ1v) is 20.4. The van der Waals surface area contributed by atoms with Crippen LogP contribution in [0, 0.1) is 0 Å². The zero-order chi connectivity index (χ0) is 39.5. The van der Waals surface area contributed by atoms with Crippen LogP contribution < -0.4 is 0 Å². The molecule has 1 aliphatic carbocycles. The summed E-state index contributed by atoms with van der Waals surface area (Å²) in [6.45, 7) is 4.74. The molecule has 0 amide bonds. The first kappa shape index (κ1) is 34.7. The maximum atomic E-state index is 5.23. The molecule has 2 heterocycles. The van der Waals surface area contributed by atoms with Crippen molar-refractivity contribution in [2.24, 2.45) is 4.99 Å². The summed E-state index contributed by atoms with van der Waals surface area (Å²) >= 11 is 0. The Morgan fingerprint density at radius 3 is 1.59 bits per heavy atom. The molecule has 0 bridgehead atoms. The molecule has 0 radical (unpaired) electrons. The van der Waals surface area contributed by atoms with Gasteiger partial charge in [0.05, 0.1) is 16.7 Å². The van der Waals surface area contributed by atoms with E-state index in [2.05, 4.69) is 224 Å². The second kappa shape index (κ2) is 13.9. The van der Waals surface area contributed by atoms with Crippen LogP contribution in [0.3, 0.4) is 0 Å². The number of rotatable bonds is 6. The van der Waals surface area contributed by atoms with E-state index in [1.54, 1.807) is 0 Å². The van der Waals surface area contributed by atoms with Crippen LogP contribution in [0.2, 0.25) is 0 Å². The summed E-state index contributed by atoms with van der Waals surface area (Å²) in [6, 6.07) is 70.1. The van der Waals surface area contributed by atoms with E-state index in [-0.39, 0.29) is 5.41 Å². The first-order chi connectivity index (χ1) is 29.0. The predicted octanol–water partition coefficient (Wildman–Crippen LogP) is 14.5. The zero-order valence-electron chi connectivity index (χ0n) is 33.0. The second-order valence-corrected chi connectivity index (χ2v) is 16.1. The van der Waals surface area contributed by atoms with Crippen molar-refractivity contribution in [1.82, 2.24) is 4.57 Å². The fourth-order valence-corrected chi connectivity index (χ4v) is 9.19. The largest absolute Gasteiger partial charge is 0.309 e. The van der Waals surface area contributed by atoms with Crippen molar-refractivity contribution in [2.45, 2.75) is 19.3 Å². The Morgan fingerprint density at radius 1 is 0.441 bits per heavy atom. The van der Waals surface area contributed by atoms with Crippen molar-refractivity contribution in [3.05, 3.63) is 240 Å². The lowest BCUT2D eigenvalue weighted by molar-refractivity contribution is 0.661. The molecule has 278 valence electrons. The molecule has 0 unspecified atom stereocenters. The predicted molar refractivity (Wildman–Crippen MR) is 248 cm³/mol. The Labute approximate surface area is 345 Å². The minimum Gasteiger partial charge on any atom is -0.309 e. The molecule has 0 N–H and O–H groups in total. The lowest BCUT2D eigenvalue weighted by atomic mass is 9.80. The Bertz CT molecular complexity index is 3200. The molecule has 2 aliphatic rings. The van der Waals surface area contributed by atoms with Crippen LogP contribution in [-0.2, 0) is 5.41 Å². The number of para-hydroxylation sites is 2. The van der Waals surface area contributed by atoms with Crippen molar-refractivity contribution in [1.29, 1.82) is 0 Å². The average molecular weight is 753 g/mol. The van der Waals surface area contributed by atoms with Crippen LogP contribution in [0.15, 0.2) is 217 Å².